The second kappa shape index (κ2) is 5.55. The van der Waals surface area contributed by atoms with Crippen LogP contribution < -0.4 is 0 Å². The molecule has 0 saturated carbocycles. The normalized spacial score (nSPS) is 16.8. The zero-order chi connectivity index (χ0) is 16.8. The minimum atomic E-state index is -0.896. The van der Waals surface area contributed by atoms with E-state index in [1.165, 1.54) is 17.8 Å². The van der Waals surface area contributed by atoms with Gasteiger partial charge in [-0.05, 0) is 38.1 Å². The number of nitrogens with zero attached hydrogens (tertiary/aromatic N) is 4. The highest BCUT2D eigenvalue weighted by atomic mass is 32.2. The van der Waals surface area contributed by atoms with Crippen LogP contribution >= 0.6 is 11.8 Å². The topological polar surface area (TPSA) is 56.2 Å². The van der Waals surface area contributed by atoms with Gasteiger partial charge >= 0.3 is 0 Å². The number of fused-ring (bicyclic) bond motifs is 1. The van der Waals surface area contributed by atoms with Crippen LogP contribution in [0.3, 0.4) is 0 Å². The summed E-state index contributed by atoms with van der Waals surface area (Å²) in [6, 6.07) is 5.57. The Kier molecular flexibility index (Phi) is 3.49. The van der Waals surface area contributed by atoms with Crippen molar-refractivity contribution in [3.8, 4) is 11.4 Å². The number of rotatable bonds is 2. The van der Waals surface area contributed by atoms with Crippen molar-refractivity contribution in [3.63, 3.8) is 0 Å². The maximum atomic E-state index is 13.6. The van der Waals surface area contributed by atoms with Gasteiger partial charge < -0.3 is 4.42 Å². The van der Waals surface area contributed by atoms with Gasteiger partial charge in [0, 0.05) is 5.56 Å². The third kappa shape index (κ3) is 2.34. The summed E-state index contributed by atoms with van der Waals surface area (Å²) in [6.07, 6.45) is 1.57. The number of halogens is 2. The summed E-state index contributed by atoms with van der Waals surface area (Å²) in [7, 11) is 0. The average Bonchev–Trinajstić information content (AvgIpc) is 3.14. The minimum Gasteiger partial charge on any atom is -0.469 e. The van der Waals surface area contributed by atoms with Gasteiger partial charge in [0.25, 0.3) is 0 Å². The van der Waals surface area contributed by atoms with Gasteiger partial charge in [-0.15, -0.1) is 10.2 Å². The predicted molar refractivity (Wildman–Crippen MR) is 86.1 cm³/mol. The third-order valence-corrected chi connectivity index (χ3v) is 4.84. The van der Waals surface area contributed by atoms with E-state index in [0.717, 1.165) is 17.7 Å². The molecule has 0 amide bonds. The molecule has 1 aliphatic heterocycles. The first-order valence-corrected chi connectivity index (χ1v) is 8.13. The summed E-state index contributed by atoms with van der Waals surface area (Å²) in [5.41, 5.74) is 1.95. The second-order valence-corrected chi connectivity index (χ2v) is 6.69. The Morgan fingerprint density at radius 2 is 2.00 bits per heavy atom. The number of benzene rings is 1. The van der Waals surface area contributed by atoms with Crippen molar-refractivity contribution in [2.45, 2.75) is 24.3 Å². The summed E-state index contributed by atoms with van der Waals surface area (Å²) in [4.78, 5) is 0. The highest BCUT2D eigenvalue weighted by Crippen LogP contribution is 2.34. The molecular formula is C16H12F2N4OS. The molecule has 122 valence electrons. The molecule has 0 radical (unpaired) electrons. The Hall–Kier alpha value is -2.48. The Balaban J connectivity index is 1.85. The molecule has 0 unspecified atom stereocenters. The maximum Gasteiger partial charge on any atom is 0.213 e. The van der Waals surface area contributed by atoms with E-state index in [1.54, 1.807) is 17.0 Å². The van der Waals surface area contributed by atoms with Crippen molar-refractivity contribution < 1.29 is 13.2 Å². The van der Waals surface area contributed by atoms with Gasteiger partial charge in [0.2, 0.25) is 5.16 Å². The van der Waals surface area contributed by atoms with E-state index >= 15 is 0 Å². The minimum absolute atomic E-state index is 0.0649. The molecule has 0 spiro atoms. The van der Waals surface area contributed by atoms with Gasteiger partial charge in [0.1, 0.15) is 5.76 Å². The van der Waals surface area contributed by atoms with E-state index in [1.807, 2.05) is 13.8 Å². The van der Waals surface area contributed by atoms with Gasteiger partial charge in [-0.1, -0.05) is 11.8 Å². The van der Waals surface area contributed by atoms with Gasteiger partial charge in [-0.25, -0.2) is 8.78 Å². The number of hydrogen-bond acceptors (Lipinski definition) is 5. The molecule has 0 bridgehead atoms. The van der Waals surface area contributed by atoms with Crippen molar-refractivity contribution in [1.82, 2.24) is 14.9 Å². The van der Waals surface area contributed by atoms with Crippen LogP contribution in [0.15, 0.2) is 45.2 Å². The first-order valence-electron chi connectivity index (χ1n) is 7.25. The molecule has 4 rings (SSSR count). The van der Waals surface area contributed by atoms with Crippen LogP contribution in [0.1, 0.15) is 18.2 Å². The number of thioether (sulfide) groups is 1. The van der Waals surface area contributed by atoms with E-state index in [4.69, 9.17) is 4.42 Å². The van der Waals surface area contributed by atoms with Crippen LogP contribution in [0, 0.1) is 18.6 Å². The first kappa shape index (κ1) is 15.1. The lowest BCUT2D eigenvalue weighted by Crippen LogP contribution is -2.22. The first-order chi connectivity index (χ1) is 11.5. The van der Waals surface area contributed by atoms with E-state index in [9.17, 15) is 8.78 Å². The summed E-state index contributed by atoms with van der Waals surface area (Å²) < 4.78 is 33.7. The van der Waals surface area contributed by atoms with Crippen LogP contribution in [-0.4, -0.2) is 25.8 Å². The fourth-order valence-corrected chi connectivity index (χ4v) is 3.49. The molecule has 3 aromatic rings. The van der Waals surface area contributed by atoms with Crippen molar-refractivity contribution in [2.24, 2.45) is 5.10 Å². The zero-order valence-corrected chi connectivity index (χ0v) is 13.6. The molecule has 1 atom stereocenters. The van der Waals surface area contributed by atoms with E-state index in [2.05, 4.69) is 15.3 Å². The lowest BCUT2D eigenvalue weighted by Gasteiger charge is -2.19. The van der Waals surface area contributed by atoms with Crippen molar-refractivity contribution in [1.29, 1.82) is 0 Å². The van der Waals surface area contributed by atoms with Crippen LogP contribution in [0.5, 0.6) is 0 Å². The van der Waals surface area contributed by atoms with Crippen molar-refractivity contribution >= 4 is 17.5 Å². The largest absolute Gasteiger partial charge is 0.469 e. The maximum absolute atomic E-state index is 13.6. The van der Waals surface area contributed by atoms with Crippen molar-refractivity contribution in [3.05, 3.63) is 53.5 Å². The summed E-state index contributed by atoms with van der Waals surface area (Å²) in [5.74, 6) is -0.517. The zero-order valence-electron chi connectivity index (χ0n) is 12.8. The smallest absolute Gasteiger partial charge is 0.213 e. The van der Waals surface area contributed by atoms with Crippen LogP contribution in [0.25, 0.3) is 11.4 Å². The SMILES string of the molecule is Cc1occc1-c1nnc2n1N=C(c1ccc(F)c(F)c1)[C@H](C)S2. The third-order valence-electron chi connectivity index (χ3n) is 3.80. The molecule has 1 aliphatic rings. The van der Waals surface area contributed by atoms with Crippen LogP contribution in [-0.2, 0) is 0 Å². The summed E-state index contributed by atoms with van der Waals surface area (Å²) in [6.45, 7) is 3.77. The van der Waals surface area contributed by atoms with Crippen LogP contribution in [0.4, 0.5) is 8.78 Å². The molecular weight excluding hydrogens is 334 g/mol. The van der Waals surface area contributed by atoms with Crippen molar-refractivity contribution in [2.75, 3.05) is 0 Å². The Labute approximate surface area is 140 Å². The fourth-order valence-electron chi connectivity index (χ4n) is 2.56. The highest BCUT2D eigenvalue weighted by Gasteiger charge is 2.27. The lowest BCUT2D eigenvalue weighted by atomic mass is 10.1. The van der Waals surface area contributed by atoms with E-state index < -0.39 is 11.6 Å². The molecule has 8 heteroatoms. The van der Waals surface area contributed by atoms with Gasteiger partial charge in [0.05, 0.1) is 22.8 Å². The standard InChI is InChI=1S/C16H12F2N4OS/c1-8-11(5-6-23-8)15-19-20-16-22(15)21-14(9(2)24-16)10-3-4-12(17)13(18)7-10/h3-7,9H,1-2H3/t9-/m0/s1. The molecule has 0 N–H and O–H groups in total. The highest BCUT2D eigenvalue weighted by molar-refractivity contribution is 8.00. The van der Waals surface area contributed by atoms with E-state index in [-0.39, 0.29) is 5.25 Å². The van der Waals surface area contributed by atoms with Gasteiger partial charge in [0.15, 0.2) is 17.5 Å². The molecule has 3 heterocycles. The Morgan fingerprint density at radius 3 is 2.71 bits per heavy atom. The quantitative estimate of drug-likeness (QED) is 0.707. The number of aryl methyl sites for hydroxylation is 1. The number of aromatic nitrogens is 3. The Bertz CT molecular complexity index is 963. The monoisotopic (exact) mass is 346 g/mol. The molecule has 1 aromatic carbocycles. The summed E-state index contributed by atoms with van der Waals surface area (Å²) >= 11 is 1.46. The molecule has 2 aromatic heterocycles. The lowest BCUT2D eigenvalue weighted by molar-refractivity contribution is 0.508. The van der Waals surface area contributed by atoms with Gasteiger partial charge in [-0.3, -0.25) is 0 Å². The number of hydrogen-bond donors (Lipinski definition) is 0. The average molecular weight is 346 g/mol. The second-order valence-electron chi connectivity index (χ2n) is 5.38. The summed E-state index contributed by atoms with van der Waals surface area (Å²) in [5, 5.41) is 13.5. The predicted octanol–water partition coefficient (Wildman–Crippen LogP) is 3.87. The fraction of sp³-hybridized carbons (Fsp3) is 0.188. The molecule has 0 fully saturated rings. The molecule has 24 heavy (non-hydrogen) atoms. The molecule has 0 saturated heterocycles. The molecule has 0 aliphatic carbocycles. The molecule has 5 nitrogen and oxygen atoms in total. The Morgan fingerprint density at radius 1 is 1.17 bits per heavy atom. The van der Waals surface area contributed by atoms with E-state index in [0.29, 0.717) is 28.0 Å². The van der Waals surface area contributed by atoms with Crippen LogP contribution in [0.2, 0.25) is 0 Å². The van der Waals surface area contributed by atoms with Gasteiger partial charge in [-0.2, -0.15) is 9.78 Å². The number of furan rings is 1.